The Kier molecular flexibility index (Phi) is 9.55. The molecule has 35 heavy (non-hydrogen) atoms. The van der Waals surface area contributed by atoms with Gasteiger partial charge < -0.3 is 10.2 Å². The summed E-state index contributed by atoms with van der Waals surface area (Å²) in [7, 11) is 0. The van der Waals surface area contributed by atoms with E-state index in [1.807, 2.05) is 94.4 Å². The number of rotatable bonds is 10. The zero-order valence-electron chi connectivity index (χ0n) is 21.2. The van der Waals surface area contributed by atoms with Crippen LogP contribution in [-0.4, -0.2) is 34.0 Å². The second kappa shape index (κ2) is 12.6. The minimum Gasteiger partial charge on any atom is -0.350 e. The van der Waals surface area contributed by atoms with Crippen molar-refractivity contribution in [3.05, 3.63) is 107 Å². The van der Waals surface area contributed by atoms with Crippen LogP contribution in [0.2, 0.25) is 0 Å². The van der Waals surface area contributed by atoms with Crippen molar-refractivity contribution >= 4 is 23.6 Å². The van der Waals surface area contributed by atoms with Gasteiger partial charge in [0.15, 0.2) is 0 Å². The zero-order valence-corrected chi connectivity index (χ0v) is 22.0. The zero-order chi connectivity index (χ0) is 25.3. The number of nitrogens with one attached hydrogen (secondary N) is 1. The molecular weight excluding hydrogens is 452 g/mol. The number of nitrogens with zero attached hydrogens (tertiary/aromatic N) is 1. The first kappa shape index (κ1) is 26.6. The molecule has 0 saturated carbocycles. The van der Waals surface area contributed by atoms with E-state index >= 15 is 0 Å². The van der Waals surface area contributed by atoms with Crippen molar-refractivity contribution in [1.29, 1.82) is 0 Å². The lowest BCUT2D eigenvalue weighted by molar-refractivity contribution is -0.140. The average molecular weight is 489 g/mol. The maximum atomic E-state index is 13.6. The summed E-state index contributed by atoms with van der Waals surface area (Å²) in [6, 6.07) is 27.6. The van der Waals surface area contributed by atoms with E-state index < -0.39 is 11.6 Å². The van der Waals surface area contributed by atoms with E-state index in [-0.39, 0.29) is 11.8 Å². The van der Waals surface area contributed by atoms with Crippen molar-refractivity contribution in [3.8, 4) is 0 Å². The summed E-state index contributed by atoms with van der Waals surface area (Å²) in [4.78, 5) is 29.0. The topological polar surface area (TPSA) is 49.4 Å². The molecule has 5 heteroatoms. The molecule has 1 atom stereocenters. The van der Waals surface area contributed by atoms with Crippen LogP contribution in [0.1, 0.15) is 43.0 Å². The van der Waals surface area contributed by atoms with Gasteiger partial charge in [0.1, 0.15) is 6.04 Å². The molecule has 2 amide bonds. The molecule has 0 spiro atoms. The van der Waals surface area contributed by atoms with Crippen molar-refractivity contribution in [3.63, 3.8) is 0 Å². The van der Waals surface area contributed by atoms with Gasteiger partial charge in [-0.1, -0.05) is 90.5 Å². The third-order valence-corrected chi connectivity index (χ3v) is 6.53. The molecule has 0 saturated heterocycles. The molecule has 0 unspecified atom stereocenters. The molecule has 0 fully saturated rings. The van der Waals surface area contributed by atoms with Gasteiger partial charge in [0.2, 0.25) is 11.8 Å². The molecule has 0 aliphatic heterocycles. The van der Waals surface area contributed by atoms with Gasteiger partial charge in [0.25, 0.3) is 0 Å². The van der Waals surface area contributed by atoms with E-state index in [1.54, 1.807) is 16.7 Å². The molecule has 3 rings (SSSR count). The molecule has 3 aromatic rings. The highest BCUT2D eigenvalue weighted by Gasteiger charge is 2.32. The van der Waals surface area contributed by atoms with E-state index in [2.05, 4.69) is 23.5 Å². The fraction of sp³-hybridized carbons (Fsp3) is 0.333. The number of carbonyl (C=O) groups is 2. The van der Waals surface area contributed by atoms with Gasteiger partial charge in [-0.05, 0) is 44.4 Å². The number of carbonyl (C=O) groups excluding carboxylic acids is 2. The summed E-state index contributed by atoms with van der Waals surface area (Å²) in [5.74, 6) is 0.907. The monoisotopic (exact) mass is 488 g/mol. The normalized spacial score (nSPS) is 12.1. The number of thioether (sulfide) groups is 1. The minimum absolute atomic E-state index is 0.0302. The molecule has 0 radical (unpaired) electrons. The molecule has 4 nitrogen and oxygen atoms in total. The van der Waals surface area contributed by atoms with Crippen LogP contribution < -0.4 is 5.32 Å². The Morgan fingerprint density at radius 3 is 2.06 bits per heavy atom. The fourth-order valence-corrected chi connectivity index (χ4v) is 4.80. The summed E-state index contributed by atoms with van der Waals surface area (Å²) in [6.07, 6.45) is 0.462. The van der Waals surface area contributed by atoms with Crippen LogP contribution in [0.3, 0.4) is 0 Å². The van der Waals surface area contributed by atoms with Crippen LogP contribution in [0.15, 0.2) is 84.9 Å². The average Bonchev–Trinajstić information content (AvgIpc) is 2.81. The van der Waals surface area contributed by atoms with Crippen molar-refractivity contribution in [1.82, 2.24) is 10.2 Å². The van der Waals surface area contributed by atoms with Crippen molar-refractivity contribution in [2.45, 2.75) is 58.0 Å². The smallest absolute Gasteiger partial charge is 0.243 e. The van der Waals surface area contributed by atoms with Crippen LogP contribution in [-0.2, 0) is 28.3 Å². The third kappa shape index (κ3) is 8.91. The second-order valence-corrected chi connectivity index (χ2v) is 10.9. The summed E-state index contributed by atoms with van der Waals surface area (Å²) < 4.78 is 0. The molecule has 0 heterocycles. The number of benzene rings is 3. The highest BCUT2D eigenvalue weighted by molar-refractivity contribution is 7.99. The molecule has 0 bridgehead atoms. The Labute approximate surface area is 214 Å². The first-order valence-electron chi connectivity index (χ1n) is 12.0. The van der Waals surface area contributed by atoms with Crippen molar-refractivity contribution < 1.29 is 9.59 Å². The van der Waals surface area contributed by atoms with Crippen LogP contribution in [0.4, 0.5) is 0 Å². The largest absolute Gasteiger partial charge is 0.350 e. The summed E-state index contributed by atoms with van der Waals surface area (Å²) in [5, 5.41) is 3.11. The van der Waals surface area contributed by atoms with E-state index in [4.69, 9.17) is 0 Å². The van der Waals surface area contributed by atoms with Crippen LogP contribution >= 0.6 is 11.8 Å². The molecular formula is C30H36N2O2S. The van der Waals surface area contributed by atoms with Gasteiger partial charge in [-0.2, -0.15) is 0 Å². The quantitative estimate of drug-likeness (QED) is 0.393. The molecule has 184 valence electrons. The maximum Gasteiger partial charge on any atom is 0.243 e. The lowest BCUT2D eigenvalue weighted by Crippen LogP contribution is -2.54. The summed E-state index contributed by atoms with van der Waals surface area (Å²) in [5.41, 5.74) is 3.97. The Hall–Kier alpha value is -3.05. The van der Waals surface area contributed by atoms with E-state index in [0.29, 0.717) is 18.7 Å². The lowest BCUT2D eigenvalue weighted by atomic mass is 10.0. The highest BCUT2D eigenvalue weighted by Crippen LogP contribution is 2.19. The third-order valence-electron chi connectivity index (χ3n) is 5.54. The standard InChI is InChI=1S/C30H36N2O2S/c1-23-12-11-17-26(18-23)20-32(28(33)22-35-21-25-15-9-6-10-16-25)27(29(34)31-30(2,3)4)19-24-13-7-5-8-14-24/h5-18,27H,19-22H2,1-4H3,(H,31,34)/t27-/m0/s1. The molecule has 1 N–H and O–H groups in total. The second-order valence-electron chi connectivity index (χ2n) is 9.93. The Balaban J connectivity index is 1.87. The number of aryl methyl sites for hydroxylation is 1. The van der Waals surface area contributed by atoms with Crippen LogP contribution in [0, 0.1) is 6.92 Å². The van der Waals surface area contributed by atoms with E-state index in [0.717, 1.165) is 22.4 Å². The number of amides is 2. The Morgan fingerprint density at radius 1 is 0.857 bits per heavy atom. The van der Waals surface area contributed by atoms with Gasteiger partial charge in [-0.15, -0.1) is 11.8 Å². The van der Waals surface area contributed by atoms with Gasteiger partial charge >= 0.3 is 0 Å². The van der Waals surface area contributed by atoms with E-state index in [9.17, 15) is 9.59 Å². The van der Waals surface area contributed by atoms with E-state index in [1.165, 1.54) is 5.56 Å². The molecule has 0 aliphatic carbocycles. The predicted molar refractivity (Wildman–Crippen MR) is 146 cm³/mol. The van der Waals surface area contributed by atoms with Crippen LogP contribution in [0.5, 0.6) is 0 Å². The van der Waals surface area contributed by atoms with Crippen molar-refractivity contribution in [2.24, 2.45) is 0 Å². The molecule has 3 aromatic carbocycles. The minimum atomic E-state index is -0.609. The SMILES string of the molecule is Cc1cccc(CN(C(=O)CSCc2ccccc2)[C@@H](Cc2ccccc2)C(=O)NC(C)(C)C)c1. The predicted octanol–water partition coefficient (Wildman–Crippen LogP) is 5.78. The first-order valence-corrected chi connectivity index (χ1v) is 13.2. The summed E-state index contributed by atoms with van der Waals surface area (Å²) in [6.45, 7) is 8.33. The van der Waals surface area contributed by atoms with Crippen LogP contribution in [0.25, 0.3) is 0 Å². The molecule has 0 aliphatic rings. The maximum absolute atomic E-state index is 13.6. The van der Waals surface area contributed by atoms with Gasteiger partial charge in [-0.25, -0.2) is 0 Å². The highest BCUT2D eigenvalue weighted by atomic mass is 32.2. The fourth-order valence-electron chi connectivity index (χ4n) is 3.93. The Morgan fingerprint density at radius 2 is 1.46 bits per heavy atom. The van der Waals surface area contributed by atoms with Gasteiger partial charge in [-0.3, -0.25) is 9.59 Å². The number of hydrogen-bond donors (Lipinski definition) is 1. The molecule has 0 aromatic heterocycles. The first-order chi connectivity index (χ1) is 16.7. The lowest BCUT2D eigenvalue weighted by Gasteiger charge is -2.34. The Bertz CT molecular complexity index is 1090. The van der Waals surface area contributed by atoms with Gasteiger partial charge in [0.05, 0.1) is 5.75 Å². The number of hydrogen-bond acceptors (Lipinski definition) is 3. The van der Waals surface area contributed by atoms with Gasteiger partial charge in [0, 0.05) is 24.3 Å². The summed E-state index contributed by atoms with van der Waals surface area (Å²) >= 11 is 1.58. The van der Waals surface area contributed by atoms with Crippen molar-refractivity contribution in [2.75, 3.05) is 5.75 Å².